The van der Waals surface area contributed by atoms with Crippen LogP contribution in [0.5, 0.6) is 0 Å². The van der Waals surface area contributed by atoms with E-state index >= 15 is 0 Å². The van der Waals surface area contributed by atoms with E-state index in [1.165, 1.54) is 89.9 Å². The van der Waals surface area contributed by atoms with Gasteiger partial charge in [-0.2, -0.15) is 0 Å². The Kier molecular flexibility index (Phi) is 39.5. The molecule has 4 nitrogen and oxygen atoms in total. The number of carbonyl (C=O) groups is 2. The molecule has 0 saturated heterocycles. The standard InChI is InChI=1S/C16H34.C7H13BrN2O2.2K.2H/c1-3-5-7-9-11-13-15-16-14-12-10-8-6-4-2;1-3-7(8,4-2)5(11)10-6(9)12;;;;/h3-16H2,1-2H3;3-4H2,1-2H3,(H3,9,10,11,12);;;;/q;;2*+1;2*-1. The van der Waals surface area contributed by atoms with E-state index in [1.807, 2.05) is 19.2 Å². The number of hydrogen-bond acceptors (Lipinski definition) is 2. The molecular formula is C23H49BrK2N2O2. The summed E-state index contributed by atoms with van der Waals surface area (Å²) in [4.78, 5) is 21.6. The van der Waals surface area contributed by atoms with Gasteiger partial charge in [-0.3, -0.25) is 10.1 Å². The minimum absolute atomic E-state index is 0. The van der Waals surface area contributed by atoms with Gasteiger partial charge < -0.3 is 8.59 Å². The molecule has 172 valence electrons. The number of unbranched alkanes of at least 4 members (excludes halogenated alkanes) is 13. The molecule has 30 heavy (non-hydrogen) atoms. The van der Waals surface area contributed by atoms with Gasteiger partial charge >= 0.3 is 109 Å². The Morgan fingerprint density at radius 1 is 0.700 bits per heavy atom. The molecule has 7 heteroatoms. The molecule has 0 radical (unpaired) electrons. The Bertz CT molecular complexity index is 379. The first-order valence-corrected chi connectivity index (χ1v) is 12.5. The van der Waals surface area contributed by atoms with Gasteiger partial charge in [0.05, 0.1) is 0 Å². The van der Waals surface area contributed by atoms with Crippen molar-refractivity contribution in [3.05, 3.63) is 0 Å². The Labute approximate surface area is 284 Å². The van der Waals surface area contributed by atoms with Gasteiger partial charge in [0.15, 0.2) is 0 Å². The SMILES string of the molecule is CCC(Br)(CC)C(=O)NC(N)=O.CCCCCCCCCCCCCCCC.[H-].[H-].[K+].[K+]. The molecule has 0 saturated carbocycles. The second-order valence-electron chi connectivity index (χ2n) is 7.73. The van der Waals surface area contributed by atoms with Gasteiger partial charge in [-0.25, -0.2) is 4.79 Å². The third kappa shape index (κ3) is 26.9. The normalized spacial score (nSPS) is 10.2. The summed E-state index contributed by atoms with van der Waals surface area (Å²) in [5.74, 6) is -0.375. The van der Waals surface area contributed by atoms with E-state index in [-0.39, 0.29) is 112 Å². The van der Waals surface area contributed by atoms with Crippen molar-refractivity contribution in [1.82, 2.24) is 5.32 Å². The summed E-state index contributed by atoms with van der Waals surface area (Å²) in [6, 6.07) is -0.814. The zero-order valence-electron chi connectivity index (χ0n) is 23.1. The second kappa shape index (κ2) is 29.7. The maximum atomic E-state index is 11.3. The van der Waals surface area contributed by atoms with Gasteiger partial charge in [-0.1, -0.05) is 134 Å². The van der Waals surface area contributed by atoms with E-state index in [4.69, 9.17) is 5.73 Å². The molecular weight excluding hydrogens is 494 g/mol. The first-order valence-electron chi connectivity index (χ1n) is 11.7. The number of carbonyl (C=O) groups excluding carboxylic acids is 2. The molecule has 3 N–H and O–H groups in total. The second-order valence-corrected chi connectivity index (χ2v) is 9.25. The minimum Gasteiger partial charge on any atom is -1.00 e. The third-order valence-corrected chi connectivity index (χ3v) is 6.70. The number of hydrogen-bond donors (Lipinski definition) is 2. The number of amides is 3. The van der Waals surface area contributed by atoms with Gasteiger partial charge in [0.1, 0.15) is 4.32 Å². The molecule has 3 amide bonds. The van der Waals surface area contributed by atoms with E-state index < -0.39 is 10.4 Å². The maximum absolute atomic E-state index is 11.3. The molecule has 0 heterocycles. The fourth-order valence-corrected chi connectivity index (χ4v) is 3.16. The van der Waals surface area contributed by atoms with Crippen LogP contribution < -0.4 is 114 Å². The van der Waals surface area contributed by atoms with Crippen LogP contribution in [0.3, 0.4) is 0 Å². The largest absolute Gasteiger partial charge is 1.00 e. The minimum atomic E-state index is -0.814. The van der Waals surface area contributed by atoms with Gasteiger partial charge in [0.2, 0.25) is 5.91 Å². The summed E-state index contributed by atoms with van der Waals surface area (Å²) < 4.78 is -0.665. The third-order valence-electron chi connectivity index (χ3n) is 5.22. The Hall–Kier alpha value is 2.69. The van der Waals surface area contributed by atoms with Crippen LogP contribution in [-0.4, -0.2) is 16.3 Å². The van der Waals surface area contributed by atoms with Crippen molar-refractivity contribution in [2.75, 3.05) is 0 Å². The van der Waals surface area contributed by atoms with E-state index in [0.717, 1.165) is 0 Å². The summed E-state index contributed by atoms with van der Waals surface area (Å²) >= 11 is 3.26. The number of imide groups is 1. The van der Waals surface area contributed by atoms with Gasteiger partial charge in [0, 0.05) is 0 Å². The smallest absolute Gasteiger partial charge is 1.00 e. The van der Waals surface area contributed by atoms with Crippen LogP contribution in [0, 0.1) is 0 Å². The molecule has 0 rings (SSSR count). The van der Waals surface area contributed by atoms with Crippen LogP contribution in [0.15, 0.2) is 0 Å². The first kappa shape index (κ1) is 39.9. The molecule has 0 unspecified atom stereocenters. The molecule has 0 bridgehead atoms. The van der Waals surface area contributed by atoms with Gasteiger partial charge in [0.25, 0.3) is 0 Å². The van der Waals surface area contributed by atoms with Crippen LogP contribution in [0.2, 0.25) is 0 Å². The molecule has 0 aliphatic heterocycles. The molecule has 0 aromatic heterocycles. The van der Waals surface area contributed by atoms with Crippen molar-refractivity contribution < 1.29 is 115 Å². The quantitative estimate of drug-likeness (QED) is 0.177. The number of rotatable bonds is 16. The fraction of sp³-hybridized carbons (Fsp3) is 0.913. The number of primary amides is 1. The molecule has 0 fully saturated rings. The van der Waals surface area contributed by atoms with Crippen molar-refractivity contribution in [1.29, 1.82) is 0 Å². The molecule has 0 aromatic carbocycles. The Morgan fingerprint density at radius 2 is 0.967 bits per heavy atom. The first-order chi connectivity index (χ1) is 13.4. The van der Waals surface area contributed by atoms with Gasteiger partial charge in [-0.15, -0.1) is 0 Å². The molecule has 0 spiro atoms. The number of urea groups is 1. The number of nitrogens with one attached hydrogen (secondary N) is 1. The van der Waals surface area contributed by atoms with Crippen molar-refractivity contribution in [3.8, 4) is 0 Å². The topological polar surface area (TPSA) is 72.2 Å². The summed E-state index contributed by atoms with van der Waals surface area (Å²) in [5, 5.41) is 2.04. The van der Waals surface area contributed by atoms with E-state index in [9.17, 15) is 9.59 Å². The van der Waals surface area contributed by atoms with E-state index in [2.05, 4.69) is 29.8 Å². The molecule has 0 aliphatic carbocycles. The zero-order chi connectivity index (χ0) is 21.7. The summed E-state index contributed by atoms with van der Waals surface area (Å²) in [6.45, 7) is 8.30. The maximum Gasteiger partial charge on any atom is 1.00 e. The van der Waals surface area contributed by atoms with Crippen molar-refractivity contribution >= 4 is 27.9 Å². The Balaban J connectivity index is -0.0000000967. The average Bonchev–Trinajstić information content (AvgIpc) is 2.68. The van der Waals surface area contributed by atoms with E-state index in [1.54, 1.807) is 0 Å². The zero-order valence-corrected chi connectivity index (χ0v) is 28.9. The van der Waals surface area contributed by atoms with Crippen LogP contribution in [0.25, 0.3) is 0 Å². The van der Waals surface area contributed by atoms with Crippen LogP contribution in [0.4, 0.5) is 4.79 Å². The molecule has 0 aromatic rings. The summed E-state index contributed by atoms with van der Waals surface area (Å²) in [6.07, 6.45) is 21.6. The number of halogens is 1. The van der Waals surface area contributed by atoms with Crippen molar-refractivity contribution in [2.45, 2.75) is 135 Å². The Morgan fingerprint density at radius 3 is 1.17 bits per heavy atom. The van der Waals surface area contributed by atoms with E-state index in [0.29, 0.717) is 12.8 Å². The number of nitrogens with two attached hydrogens (primary N) is 1. The average molecular weight is 544 g/mol. The van der Waals surface area contributed by atoms with Crippen molar-refractivity contribution in [2.24, 2.45) is 5.73 Å². The van der Waals surface area contributed by atoms with Crippen LogP contribution in [-0.2, 0) is 4.79 Å². The molecule has 0 atom stereocenters. The van der Waals surface area contributed by atoms with Gasteiger partial charge in [-0.05, 0) is 12.8 Å². The van der Waals surface area contributed by atoms with Crippen molar-refractivity contribution in [3.63, 3.8) is 0 Å². The van der Waals surface area contributed by atoms with Crippen LogP contribution >= 0.6 is 15.9 Å². The summed E-state index contributed by atoms with van der Waals surface area (Å²) in [5.41, 5.74) is 4.81. The fourth-order valence-electron chi connectivity index (χ4n) is 3.06. The van der Waals surface area contributed by atoms with Crippen LogP contribution in [0.1, 0.15) is 133 Å². The summed E-state index contributed by atoms with van der Waals surface area (Å²) in [7, 11) is 0. The predicted octanol–water partition coefficient (Wildman–Crippen LogP) is 1.86. The number of alkyl halides is 1. The monoisotopic (exact) mass is 542 g/mol. The predicted molar refractivity (Wildman–Crippen MR) is 128 cm³/mol. The molecule has 0 aliphatic rings.